The first-order valence-corrected chi connectivity index (χ1v) is 7.79. The van der Waals surface area contributed by atoms with Crippen LogP contribution in [0.1, 0.15) is 55.8 Å². The van der Waals surface area contributed by atoms with E-state index < -0.39 is 0 Å². The summed E-state index contributed by atoms with van der Waals surface area (Å²) in [6, 6.07) is 3.90. The number of aromatic amines is 1. The number of aromatic nitrogens is 1. The van der Waals surface area contributed by atoms with Gasteiger partial charge in [0.25, 0.3) is 0 Å². The summed E-state index contributed by atoms with van der Waals surface area (Å²) in [6.45, 7) is 1.16. The smallest absolute Gasteiger partial charge is 0.248 e. The highest BCUT2D eigenvalue weighted by Gasteiger charge is 2.34. The minimum absolute atomic E-state index is 0.00739. The molecule has 20 heavy (non-hydrogen) atoms. The van der Waals surface area contributed by atoms with E-state index in [1.165, 1.54) is 18.4 Å². The Morgan fingerprint density at radius 2 is 2.10 bits per heavy atom. The van der Waals surface area contributed by atoms with E-state index in [-0.39, 0.29) is 17.6 Å². The van der Waals surface area contributed by atoms with Crippen molar-refractivity contribution in [2.45, 2.75) is 51.0 Å². The molecule has 1 unspecified atom stereocenters. The number of nitrogens with one attached hydrogen (secondary N) is 2. The van der Waals surface area contributed by atoms with Gasteiger partial charge in [-0.3, -0.25) is 4.79 Å². The molecule has 1 aromatic rings. The first-order valence-electron chi connectivity index (χ1n) is 7.79. The molecule has 1 saturated carbocycles. The zero-order chi connectivity index (χ0) is 14.0. The molecule has 1 fully saturated rings. The zero-order valence-corrected chi connectivity index (χ0v) is 12.0. The van der Waals surface area contributed by atoms with Crippen LogP contribution in [0.4, 0.5) is 0 Å². The van der Waals surface area contributed by atoms with Gasteiger partial charge in [0.15, 0.2) is 0 Å². The first kappa shape index (κ1) is 13.8. The zero-order valence-electron chi connectivity index (χ0n) is 12.0. The van der Waals surface area contributed by atoms with Gasteiger partial charge >= 0.3 is 0 Å². The maximum atomic E-state index is 11.4. The number of H-pyrrole nitrogens is 1. The molecule has 110 valence electrons. The third-order valence-corrected chi connectivity index (χ3v) is 5.05. The minimum atomic E-state index is -0.00739. The molecule has 2 aliphatic rings. The number of fused-ring (bicyclic) bond motifs is 1. The average molecular weight is 276 g/mol. The molecule has 1 aromatic heterocycles. The maximum absolute atomic E-state index is 11.4. The van der Waals surface area contributed by atoms with Crippen molar-refractivity contribution in [2.75, 3.05) is 13.2 Å². The molecular weight excluding hydrogens is 252 g/mol. The third-order valence-electron chi connectivity index (χ3n) is 5.05. The second kappa shape index (κ2) is 5.70. The summed E-state index contributed by atoms with van der Waals surface area (Å²) in [5, 5.41) is 13.3. The van der Waals surface area contributed by atoms with E-state index in [4.69, 9.17) is 0 Å². The van der Waals surface area contributed by atoms with Crippen molar-refractivity contribution in [1.29, 1.82) is 0 Å². The molecule has 0 aromatic carbocycles. The molecule has 3 N–H and O–H groups in total. The van der Waals surface area contributed by atoms with Crippen LogP contribution in [0.15, 0.2) is 16.9 Å². The largest absolute Gasteiger partial charge is 0.396 e. The lowest BCUT2D eigenvalue weighted by molar-refractivity contribution is 0.123. The van der Waals surface area contributed by atoms with Crippen LogP contribution >= 0.6 is 0 Å². The Hall–Kier alpha value is -1.13. The van der Waals surface area contributed by atoms with Crippen LogP contribution in [0.2, 0.25) is 0 Å². The monoisotopic (exact) mass is 276 g/mol. The van der Waals surface area contributed by atoms with E-state index in [9.17, 15) is 9.90 Å². The average Bonchev–Trinajstić information content (AvgIpc) is 2.94. The van der Waals surface area contributed by atoms with Gasteiger partial charge in [0.2, 0.25) is 5.56 Å². The second-order valence-electron chi connectivity index (χ2n) is 6.45. The van der Waals surface area contributed by atoms with Crippen LogP contribution in [-0.4, -0.2) is 23.2 Å². The highest BCUT2D eigenvalue weighted by molar-refractivity contribution is 5.26. The van der Waals surface area contributed by atoms with Crippen molar-refractivity contribution in [1.82, 2.24) is 10.3 Å². The number of hydrogen-bond donors (Lipinski definition) is 3. The fraction of sp³-hybridized carbons (Fsp3) is 0.688. The van der Waals surface area contributed by atoms with Gasteiger partial charge in [-0.15, -0.1) is 0 Å². The summed E-state index contributed by atoms with van der Waals surface area (Å²) >= 11 is 0. The van der Waals surface area contributed by atoms with Crippen molar-refractivity contribution in [3.8, 4) is 0 Å². The van der Waals surface area contributed by atoms with Gasteiger partial charge < -0.3 is 15.4 Å². The van der Waals surface area contributed by atoms with E-state index in [2.05, 4.69) is 10.3 Å². The molecule has 1 heterocycles. The van der Waals surface area contributed by atoms with Crippen molar-refractivity contribution >= 4 is 0 Å². The third kappa shape index (κ3) is 2.67. The predicted octanol–water partition coefficient (Wildman–Crippen LogP) is 1.89. The SMILES string of the molecule is O=c1ccc2c([nH]1)CCCC2NCC1(CO)CCCC1. The van der Waals surface area contributed by atoms with Crippen LogP contribution in [0.3, 0.4) is 0 Å². The van der Waals surface area contributed by atoms with Crippen LogP contribution in [0.5, 0.6) is 0 Å². The van der Waals surface area contributed by atoms with E-state index >= 15 is 0 Å². The fourth-order valence-electron chi connectivity index (χ4n) is 3.77. The van der Waals surface area contributed by atoms with E-state index in [0.717, 1.165) is 44.3 Å². The van der Waals surface area contributed by atoms with Gasteiger partial charge in [0, 0.05) is 36.4 Å². The standard InChI is InChI=1S/C16H24N2O2/c19-11-16(8-1-2-9-16)10-17-13-4-3-5-14-12(13)6-7-15(20)18-14/h6-7,13,17,19H,1-5,8-11H2,(H,18,20). The quantitative estimate of drug-likeness (QED) is 0.787. The highest BCUT2D eigenvalue weighted by Crippen LogP contribution is 2.38. The predicted molar refractivity (Wildman–Crippen MR) is 78.7 cm³/mol. The molecule has 0 amide bonds. The molecule has 1 atom stereocenters. The van der Waals surface area contributed by atoms with Crippen LogP contribution in [0, 0.1) is 5.41 Å². The number of hydrogen-bond acceptors (Lipinski definition) is 3. The second-order valence-corrected chi connectivity index (χ2v) is 6.45. The van der Waals surface area contributed by atoms with Gasteiger partial charge in [-0.1, -0.05) is 18.9 Å². The summed E-state index contributed by atoms with van der Waals surface area (Å²) in [5.41, 5.74) is 2.40. The van der Waals surface area contributed by atoms with Gasteiger partial charge in [-0.2, -0.15) is 0 Å². The fourth-order valence-corrected chi connectivity index (χ4v) is 3.77. The van der Waals surface area contributed by atoms with Crippen molar-refractivity contribution in [2.24, 2.45) is 5.41 Å². The molecule has 0 bridgehead atoms. The number of aliphatic hydroxyl groups excluding tert-OH is 1. The van der Waals surface area contributed by atoms with Crippen LogP contribution in [0.25, 0.3) is 0 Å². The number of aliphatic hydroxyl groups is 1. The topological polar surface area (TPSA) is 65.1 Å². The van der Waals surface area contributed by atoms with Gasteiger partial charge in [-0.05, 0) is 37.7 Å². The molecule has 0 aliphatic heterocycles. The summed E-state index contributed by atoms with van der Waals surface area (Å²) in [7, 11) is 0. The number of rotatable bonds is 4. The Morgan fingerprint density at radius 3 is 2.85 bits per heavy atom. The van der Waals surface area contributed by atoms with Crippen molar-refractivity contribution < 1.29 is 5.11 Å². The number of aryl methyl sites for hydroxylation is 1. The lowest BCUT2D eigenvalue weighted by Crippen LogP contribution is -2.38. The summed E-state index contributed by atoms with van der Waals surface area (Å²) < 4.78 is 0. The normalized spacial score (nSPS) is 24.6. The van der Waals surface area contributed by atoms with E-state index in [1.807, 2.05) is 6.07 Å². The summed E-state index contributed by atoms with van der Waals surface area (Å²) in [4.78, 5) is 14.4. The highest BCUT2D eigenvalue weighted by atomic mass is 16.3. The van der Waals surface area contributed by atoms with Crippen LogP contribution < -0.4 is 10.9 Å². The lowest BCUT2D eigenvalue weighted by atomic mass is 9.85. The Labute approximate surface area is 119 Å². The molecule has 4 nitrogen and oxygen atoms in total. The Kier molecular flexibility index (Phi) is 3.94. The molecule has 0 saturated heterocycles. The first-order chi connectivity index (χ1) is 9.72. The Bertz CT molecular complexity index is 517. The minimum Gasteiger partial charge on any atom is -0.396 e. The van der Waals surface area contributed by atoms with Crippen molar-refractivity contribution in [3.05, 3.63) is 33.7 Å². The molecule has 3 rings (SSSR count). The molecule has 2 aliphatic carbocycles. The number of pyridine rings is 1. The van der Waals surface area contributed by atoms with Crippen LogP contribution in [-0.2, 0) is 6.42 Å². The van der Waals surface area contributed by atoms with Crippen molar-refractivity contribution in [3.63, 3.8) is 0 Å². The maximum Gasteiger partial charge on any atom is 0.248 e. The molecule has 0 spiro atoms. The molecule has 4 heteroatoms. The van der Waals surface area contributed by atoms with Gasteiger partial charge in [0.05, 0.1) is 0 Å². The van der Waals surface area contributed by atoms with E-state index in [0.29, 0.717) is 6.04 Å². The lowest BCUT2D eigenvalue weighted by Gasteiger charge is -2.32. The molecular formula is C16H24N2O2. The summed E-state index contributed by atoms with van der Waals surface area (Å²) in [6.07, 6.45) is 7.91. The van der Waals surface area contributed by atoms with Gasteiger partial charge in [0.1, 0.15) is 0 Å². The Balaban J connectivity index is 1.71. The Morgan fingerprint density at radius 1 is 1.30 bits per heavy atom. The van der Waals surface area contributed by atoms with E-state index in [1.54, 1.807) is 6.07 Å². The van der Waals surface area contributed by atoms with Gasteiger partial charge in [-0.25, -0.2) is 0 Å². The molecule has 0 radical (unpaired) electrons. The summed E-state index contributed by atoms with van der Waals surface area (Å²) in [5.74, 6) is 0.